The van der Waals surface area contributed by atoms with E-state index < -0.39 is 0 Å². The molecule has 0 fully saturated rings. The molecular weight excluding hydrogens is 467 g/mol. The maximum Gasteiger partial charge on any atom is 0.193 e. The van der Waals surface area contributed by atoms with Gasteiger partial charge in [-0.25, -0.2) is 4.98 Å². The summed E-state index contributed by atoms with van der Waals surface area (Å²) in [7, 11) is 3.74. The van der Waals surface area contributed by atoms with E-state index in [1.807, 2.05) is 48.5 Å². The molecule has 7 nitrogen and oxygen atoms in total. The summed E-state index contributed by atoms with van der Waals surface area (Å²) >= 11 is 0. The van der Waals surface area contributed by atoms with Crippen LogP contribution in [0.15, 0.2) is 66.0 Å². The van der Waals surface area contributed by atoms with Crippen LogP contribution in [0, 0.1) is 0 Å². The molecule has 0 atom stereocenters. The van der Waals surface area contributed by atoms with E-state index in [1.165, 1.54) is 0 Å². The lowest BCUT2D eigenvalue weighted by Crippen LogP contribution is -2.40. The Kier molecular flexibility index (Phi) is 8.73. The SMILES string of the molecule is CN=C(NCCOc1cccnc1)N(C)Cc1ncc(-c2ccccc2)[nH]1.I. The topological polar surface area (TPSA) is 78.4 Å². The molecule has 0 unspecified atom stereocenters. The first-order chi connectivity index (χ1) is 13.3. The summed E-state index contributed by atoms with van der Waals surface area (Å²) in [5, 5.41) is 3.29. The number of nitrogens with zero attached hydrogens (tertiary/aromatic N) is 4. The second-order valence-corrected chi connectivity index (χ2v) is 5.98. The largest absolute Gasteiger partial charge is 0.490 e. The molecular formula is C20H25IN6O. The maximum atomic E-state index is 5.63. The third kappa shape index (κ3) is 6.22. The molecule has 0 saturated carbocycles. The highest BCUT2D eigenvalue weighted by Crippen LogP contribution is 2.16. The first kappa shape index (κ1) is 21.7. The Hall–Kier alpha value is -2.62. The second-order valence-electron chi connectivity index (χ2n) is 5.98. The van der Waals surface area contributed by atoms with Gasteiger partial charge in [-0.1, -0.05) is 30.3 Å². The highest BCUT2D eigenvalue weighted by Gasteiger charge is 2.09. The number of aromatic nitrogens is 3. The zero-order chi connectivity index (χ0) is 18.9. The number of hydrogen-bond acceptors (Lipinski definition) is 4. The van der Waals surface area contributed by atoms with Crippen LogP contribution >= 0.6 is 24.0 Å². The average Bonchev–Trinajstić information content (AvgIpc) is 3.18. The van der Waals surface area contributed by atoms with Crippen molar-refractivity contribution in [2.75, 3.05) is 27.2 Å². The number of aliphatic imine (C=N–C) groups is 1. The molecule has 0 aliphatic heterocycles. The second kappa shape index (κ2) is 11.3. The highest BCUT2D eigenvalue weighted by molar-refractivity contribution is 14.0. The van der Waals surface area contributed by atoms with Crippen LogP contribution in [0.3, 0.4) is 0 Å². The van der Waals surface area contributed by atoms with Gasteiger partial charge in [-0.15, -0.1) is 24.0 Å². The quantitative estimate of drug-likeness (QED) is 0.229. The molecule has 1 aromatic carbocycles. The molecule has 28 heavy (non-hydrogen) atoms. The van der Waals surface area contributed by atoms with Gasteiger partial charge in [0.15, 0.2) is 5.96 Å². The van der Waals surface area contributed by atoms with Crippen molar-refractivity contribution in [2.24, 2.45) is 4.99 Å². The molecule has 3 rings (SSSR count). The number of guanidine groups is 1. The molecule has 3 aromatic rings. The smallest absolute Gasteiger partial charge is 0.193 e. The fourth-order valence-corrected chi connectivity index (χ4v) is 2.66. The van der Waals surface area contributed by atoms with Gasteiger partial charge >= 0.3 is 0 Å². The number of hydrogen-bond donors (Lipinski definition) is 2. The molecule has 0 amide bonds. The van der Waals surface area contributed by atoms with Crippen LogP contribution in [0.2, 0.25) is 0 Å². The molecule has 2 aromatic heterocycles. The van der Waals surface area contributed by atoms with Crippen molar-refractivity contribution < 1.29 is 4.74 Å². The van der Waals surface area contributed by atoms with Gasteiger partial charge in [0.2, 0.25) is 0 Å². The molecule has 2 heterocycles. The Balaban J connectivity index is 0.00000280. The van der Waals surface area contributed by atoms with E-state index in [0.717, 1.165) is 28.8 Å². The summed E-state index contributed by atoms with van der Waals surface area (Å²) in [5.74, 6) is 2.42. The van der Waals surface area contributed by atoms with Crippen LogP contribution in [-0.4, -0.2) is 53.1 Å². The molecule has 2 N–H and O–H groups in total. The highest BCUT2D eigenvalue weighted by atomic mass is 127. The molecule has 0 spiro atoms. The predicted molar refractivity (Wildman–Crippen MR) is 122 cm³/mol. The summed E-state index contributed by atoms with van der Waals surface area (Å²) in [6.45, 7) is 1.78. The Morgan fingerprint density at radius 1 is 1.18 bits per heavy atom. The molecule has 0 saturated heterocycles. The van der Waals surface area contributed by atoms with Crippen molar-refractivity contribution in [1.29, 1.82) is 0 Å². The minimum Gasteiger partial charge on any atom is -0.490 e. The van der Waals surface area contributed by atoms with Gasteiger partial charge < -0.3 is 19.9 Å². The number of halogens is 1. The normalized spacial score (nSPS) is 10.9. The van der Waals surface area contributed by atoms with Gasteiger partial charge in [0.25, 0.3) is 0 Å². The molecule has 0 bridgehead atoms. The number of rotatable bonds is 7. The third-order valence-electron chi connectivity index (χ3n) is 3.96. The molecule has 148 valence electrons. The standard InChI is InChI=1S/C20H24N6O.HI/c1-21-20(23-11-12-27-17-9-6-10-22-13-17)26(2)15-19-24-14-18(25-19)16-7-4-3-5-8-16;/h3-10,13-14H,11-12,15H2,1-2H3,(H,21,23)(H,24,25);1H. The zero-order valence-corrected chi connectivity index (χ0v) is 18.3. The van der Waals surface area contributed by atoms with Crippen LogP contribution in [-0.2, 0) is 6.54 Å². The van der Waals surface area contributed by atoms with Gasteiger partial charge in [0, 0.05) is 20.3 Å². The summed E-state index contributed by atoms with van der Waals surface area (Å²) in [6, 6.07) is 13.9. The van der Waals surface area contributed by atoms with Gasteiger partial charge in [-0.3, -0.25) is 9.98 Å². The van der Waals surface area contributed by atoms with Gasteiger partial charge in [-0.2, -0.15) is 0 Å². The van der Waals surface area contributed by atoms with Crippen molar-refractivity contribution in [3.8, 4) is 17.0 Å². The van der Waals surface area contributed by atoms with E-state index in [2.05, 4.69) is 37.4 Å². The minimum absolute atomic E-state index is 0. The van der Waals surface area contributed by atoms with Crippen LogP contribution in [0.5, 0.6) is 5.75 Å². The Morgan fingerprint density at radius 3 is 2.71 bits per heavy atom. The van der Waals surface area contributed by atoms with E-state index in [9.17, 15) is 0 Å². The lowest BCUT2D eigenvalue weighted by Gasteiger charge is -2.21. The maximum absolute atomic E-state index is 5.63. The number of H-pyrrole nitrogens is 1. The van der Waals surface area contributed by atoms with Crippen molar-refractivity contribution in [3.63, 3.8) is 0 Å². The van der Waals surface area contributed by atoms with Gasteiger partial charge in [0.1, 0.15) is 18.2 Å². The number of aromatic amines is 1. The number of ether oxygens (including phenoxy) is 1. The number of benzene rings is 1. The summed E-state index contributed by atoms with van der Waals surface area (Å²) in [5.41, 5.74) is 2.13. The lowest BCUT2D eigenvalue weighted by atomic mass is 10.2. The van der Waals surface area contributed by atoms with Crippen molar-refractivity contribution in [3.05, 3.63) is 66.9 Å². The fourth-order valence-electron chi connectivity index (χ4n) is 2.66. The first-order valence-electron chi connectivity index (χ1n) is 8.80. The third-order valence-corrected chi connectivity index (χ3v) is 3.96. The Bertz CT molecular complexity index is 853. The van der Waals surface area contributed by atoms with Crippen molar-refractivity contribution >= 4 is 29.9 Å². The molecule has 8 heteroatoms. The van der Waals surface area contributed by atoms with Gasteiger partial charge in [-0.05, 0) is 17.7 Å². The molecule has 0 radical (unpaired) electrons. The molecule has 0 aliphatic carbocycles. The van der Waals surface area contributed by atoms with Gasteiger partial charge in [0.05, 0.1) is 31.2 Å². The monoisotopic (exact) mass is 492 g/mol. The van der Waals surface area contributed by atoms with Crippen LogP contribution in [0.25, 0.3) is 11.3 Å². The minimum atomic E-state index is 0. The number of nitrogens with one attached hydrogen (secondary N) is 2. The number of imidazole rings is 1. The summed E-state index contributed by atoms with van der Waals surface area (Å²) in [4.78, 5) is 18.2. The average molecular weight is 492 g/mol. The predicted octanol–water partition coefficient (Wildman–Crippen LogP) is 3.18. The van der Waals surface area contributed by atoms with E-state index in [4.69, 9.17) is 4.74 Å². The Morgan fingerprint density at radius 2 is 2.00 bits per heavy atom. The zero-order valence-electron chi connectivity index (χ0n) is 16.0. The number of pyridine rings is 1. The lowest BCUT2D eigenvalue weighted by molar-refractivity contribution is 0.318. The van der Waals surface area contributed by atoms with E-state index in [-0.39, 0.29) is 24.0 Å². The van der Waals surface area contributed by atoms with Crippen LogP contribution < -0.4 is 10.1 Å². The van der Waals surface area contributed by atoms with E-state index in [1.54, 1.807) is 19.4 Å². The first-order valence-corrected chi connectivity index (χ1v) is 8.80. The van der Waals surface area contributed by atoms with Crippen LogP contribution in [0.1, 0.15) is 5.82 Å². The van der Waals surface area contributed by atoms with E-state index in [0.29, 0.717) is 19.7 Å². The summed E-state index contributed by atoms with van der Waals surface area (Å²) < 4.78 is 5.63. The van der Waals surface area contributed by atoms with Crippen LogP contribution in [0.4, 0.5) is 0 Å². The Labute approximate surface area is 182 Å². The van der Waals surface area contributed by atoms with Crippen molar-refractivity contribution in [1.82, 2.24) is 25.2 Å². The van der Waals surface area contributed by atoms with Crippen molar-refractivity contribution in [2.45, 2.75) is 6.54 Å². The fraction of sp³-hybridized carbons (Fsp3) is 0.250. The molecule has 0 aliphatic rings. The summed E-state index contributed by atoms with van der Waals surface area (Å²) in [6.07, 6.45) is 5.28. The van der Waals surface area contributed by atoms with E-state index >= 15 is 0 Å².